The molecule has 4 unspecified atom stereocenters. The molecule has 0 bridgehead atoms. The SMILES string of the molecule is C=C(C)C(=O)OC1CC(C(C)(O)C(F)(F)F)CC(C(C)(O)C(F)(F)F)C1. The van der Waals surface area contributed by atoms with Crippen LogP contribution in [0, 0.1) is 11.8 Å². The first-order valence-corrected chi connectivity index (χ1v) is 7.86. The van der Waals surface area contributed by atoms with Gasteiger partial charge in [-0.2, -0.15) is 26.3 Å². The van der Waals surface area contributed by atoms with Crippen LogP contribution < -0.4 is 0 Å². The Balaban J connectivity index is 3.21. The molecule has 0 aromatic carbocycles. The number of hydrogen-bond donors (Lipinski definition) is 2. The average Bonchev–Trinajstić information content (AvgIpc) is 2.44. The van der Waals surface area contributed by atoms with E-state index in [1.807, 2.05) is 0 Å². The number of alkyl halides is 6. The van der Waals surface area contributed by atoms with Crippen molar-refractivity contribution in [2.75, 3.05) is 0 Å². The molecule has 0 spiro atoms. The van der Waals surface area contributed by atoms with Crippen molar-refractivity contribution in [1.29, 1.82) is 0 Å². The monoisotopic (exact) mass is 392 g/mol. The van der Waals surface area contributed by atoms with Crippen LogP contribution in [0.3, 0.4) is 0 Å². The van der Waals surface area contributed by atoms with E-state index in [9.17, 15) is 41.4 Å². The third-order valence-corrected chi connectivity index (χ3v) is 5.02. The van der Waals surface area contributed by atoms with Gasteiger partial charge in [0, 0.05) is 17.4 Å². The lowest BCUT2D eigenvalue weighted by atomic mass is 9.67. The Bertz CT molecular complexity index is 516. The fourth-order valence-corrected chi connectivity index (χ4v) is 3.00. The molecule has 4 nitrogen and oxygen atoms in total. The topological polar surface area (TPSA) is 66.8 Å². The lowest BCUT2D eigenvalue weighted by Crippen LogP contribution is -2.57. The molecule has 0 aromatic heterocycles. The second-order valence-corrected chi connectivity index (χ2v) is 7.20. The molecule has 0 amide bonds. The minimum absolute atomic E-state index is 0.0752. The van der Waals surface area contributed by atoms with E-state index < -0.39 is 66.7 Å². The Morgan fingerprint density at radius 2 is 1.27 bits per heavy atom. The molecule has 4 atom stereocenters. The minimum Gasteiger partial charge on any atom is -0.459 e. The normalized spacial score (nSPS) is 29.4. The summed E-state index contributed by atoms with van der Waals surface area (Å²) in [6, 6.07) is 0. The number of halogens is 6. The molecule has 1 aliphatic rings. The molecule has 1 saturated carbocycles. The maximum Gasteiger partial charge on any atom is 0.417 e. The zero-order chi connectivity index (χ0) is 20.7. The van der Waals surface area contributed by atoms with E-state index in [-0.39, 0.29) is 5.57 Å². The van der Waals surface area contributed by atoms with Gasteiger partial charge in [0.25, 0.3) is 0 Å². The summed E-state index contributed by atoms with van der Waals surface area (Å²) in [7, 11) is 0. The lowest BCUT2D eigenvalue weighted by molar-refractivity contribution is -0.299. The van der Waals surface area contributed by atoms with Crippen LogP contribution in [0.25, 0.3) is 0 Å². The molecule has 152 valence electrons. The lowest BCUT2D eigenvalue weighted by Gasteiger charge is -2.46. The Labute approximate surface area is 146 Å². The fourth-order valence-electron chi connectivity index (χ4n) is 3.00. The largest absolute Gasteiger partial charge is 0.459 e. The zero-order valence-corrected chi connectivity index (χ0v) is 14.5. The standard InChI is InChI=1S/C16H22F6O4/c1-8(2)12(23)26-11-6-9(13(3,24)15(17,18)19)5-10(7-11)14(4,25)16(20,21)22/h9-11,24-25H,1,5-7H2,2-4H3. The van der Waals surface area contributed by atoms with Crippen LogP contribution in [0.15, 0.2) is 12.2 Å². The van der Waals surface area contributed by atoms with Gasteiger partial charge in [-0.25, -0.2) is 4.79 Å². The van der Waals surface area contributed by atoms with Gasteiger partial charge in [0.1, 0.15) is 6.10 Å². The molecular weight excluding hydrogens is 370 g/mol. The molecule has 1 aliphatic carbocycles. The van der Waals surface area contributed by atoms with Crippen molar-refractivity contribution in [3.63, 3.8) is 0 Å². The highest BCUT2D eigenvalue weighted by molar-refractivity contribution is 5.87. The van der Waals surface area contributed by atoms with E-state index in [1.165, 1.54) is 6.92 Å². The molecule has 2 N–H and O–H groups in total. The van der Waals surface area contributed by atoms with E-state index >= 15 is 0 Å². The fraction of sp³-hybridized carbons (Fsp3) is 0.812. The minimum atomic E-state index is -5.10. The number of aliphatic hydroxyl groups is 2. The first-order valence-electron chi connectivity index (χ1n) is 7.86. The van der Waals surface area contributed by atoms with Gasteiger partial charge in [0.2, 0.25) is 0 Å². The maximum atomic E-state index is 13.1. The van der Waals surface area contributed by atoms with Crippen LogP contribution >= 0.6 is 0 Å². The molecule has 0 saturated heterocycles. The number of carbonyl (C=O) groups is 1. The number of carbonyl (C=O) groups excluding carboxylic acids is 1. The van der Waals surface area contributed by atoms with E-state index in [4.69, 9.17) is 4.74 Å². The predicted octanol–water partition coefficient (Wildman–Crippen LogP) is 3.52. The van der Waals surface area contributed by atoms with E-state index in [0.717, 1.165) is 0 Å². The van der Waals surface area contributed by atoms with E-state index in [0.29, 0.717) is 13.8 Å². The molecule has 0 radical (unpaired) electrons. The van der Waals surface area contributed by atoms with Gasteiger partial charge in [0.15, 0.2) is 11.2 Å². The van der Waals surface area contributed by atoms with Crippen molar-refractivity contribution in [3.05, 3.63) is 12.2 Å². The van der Waals surface area contributed by atoms with Crippen LogP contribution in [0.4, 0.5) is 26.3 Å². The van der Waals surface area contributed by atoms with Crippen LogP contribution in [0.1, 0.15) is 40.0 Å². The van der Waals surface area contributed by atoms with Crippen molar-refractivity contribution in [1.82, 2.24) is 0 Å². The number of rotatable bonds is 4. The summed E-state index contributed by atoms with van der Waals surface area (Å²) in [4.78, 5) is 11.6. The zero-order valence-electron chi connectivity index (χ0n) is 14.5. The summed E-state index contributed by atoms with van der Waals surface area (Å²) in [5.41, 5.74) is -6.68. The molecule has 10 heteroatoms. The quantitative estimate of drug-likeness (QED) is 0.437. The van der Waals surface area contributed by atoms with Crippen LogP contribution in [-0.4, -0.2) is 45.8 Å². The summed E-state index contributed by atoms with van der Waals surface area (Å²) >= 11 is 0. The smallest absolute Gasteiger partial charge is 0.417 e. The van der Waals surface area contributed by atoms with E-state index in [1.54, 1.807) is 0 Å². The van der Waals surface area contributed by atoms with Crippen molar-refractivity contribution in [2.24, 2.45) is 11.8 Å². The van der Waals surface area contributed by atoms with Gasteiger partial charge in [0.05, 0.1) is 0 Å². The molecule has 0 heterocycles. The van der Waals surface area contributed by atoms with Crippen molar-refractivity contribution in [3.8, 4) is 0 Å². The van der Waals surface area contributed by atoms with Crippen LogP contribution in [0.5, 0.6) is 0 Å². The van der Waals surface area contributed by atoms with Crippen molar-refractivity contribution in [2.45, 2.75) is 69.7 Å². The Morgan fingerprint density at radius 1 is 0.923 bits per heavy atom. The van der Waals surface area contributed by atoms with Gasteiger partial charge in [-0.1, -0.05) is 6.58 Å². The Kier molecular flexibility index (Phi) is 6.15. The number of esters is 1. The first-order chi connectivity index (χ1) is 11.4. The molecule has 1 fully saturated rings. The van der Waals surface area contributed by atoms with Gasteiger partial charge in [-0.3, -0.25) is 0 Å². The highest BCUT2D eigenvalue weighted by Crippen LogP contribution is 2.50. The second-order valence-electron chi connectivity index (χ2n) is 7.20. The third kappa shape index (κ3) is 4.51. The Morgan fingerprint density at radius 3 is 1.54 bits per heavy atom. The van der Waals surface area contributed by atoms with Crippen LogP contribution in [-0.2, 0) is 9.53 Å². The summed E-state index contributed by atoms with van der Waals surface area (Å²) in [6.45, 7) is 5.49. The van der Waals surface area contributed by atoms with Gasteiger partial charge >= 0.3 is 18.3 Å². The second kappa shape index (κ2) is 7.03. The van der Waals surface area contributed by atoms with Crippen LogP contribution in [0.2, 0.25) is 0 Å². The summed E-state index contributed by atoms with van der Waals surface area (Å²) in [6.07, 6.45) is -13.3. The molecule has 0 aromatic rings. The van der Waals surface area contributed by atoms with Gasteiger partial charge in [-0.15, -0.1) is 0 Å². The molecule has 0 aliphatic heterocycles. The maximum absolute atomic E-state index is 13.1. The Hall–Kier alpha value is -1.29. The highest BCUT2D eigenvalue weighted by atomic mass is 19.4. The van der Waals surface area contributed by atoms with Crippen molar-refractivity contribution < 1.29 is 46.1 Å². The first kappa shape index (κ1) is 22.8. The number of ether oxygens (including phenoxy) is 1. The summed E-state index contributed by atoms with van der Waals surface area (Å²) in [5.74, 6) is -4.36. The molecule has 26 heavy (non-hydrogen) atoms. The highest BCUT2D eigenvalue weighted by Gasteiger charge is 2.61. The van der Waals surface area contributed by atoms with E-state index in [2.05, 4.69) is 6.58 Å². The van der Waals surface area contributed by atoms with Crippen molar-refractivity contribution >= 4 is 5.97 Å². The predicted molar refractivity (Wildman–Crippen MR) is 78.9 cm³/mol. The summed E-state index contributed by atoms with van der Waals surface area (Å²) < 4.78 is 83.8. The van der Waals surface area contributed by atoms with Gasteiger partial charge in [-0.05, 0) is 40.0 Å². The number of hydrogen-bond acceptors (Lipinski definition) is 4. The average molecular weight is 392 g/mol. The van der Waals surface area contributed by atoms with Gasteiger partial charge < -0.3 is 14.9 Å². The molecular formula is C16H22F6O4. The molecule has 1 rings (SSSR count). The summed E-state index contributed by atoms with van der Waals surface area (Å²) in [5, 5.41) is 19.8. The third-order valence-electron chi connectivity index (χ3n) is 5.02.